The molecular formula is C24H21N7O5. The summed E-state index contributed by atoms with van der Waals surface area (Å²) in [6.07, 6.45) is 7.09. The molecule has 12 nitrogen and oxygen atoms in total. The van der Waals surface area contributed by atoms with Gasteiger partial charge in [-0.1, -0.05) is 0 Å². The maximum atomic E-state index is 12.2. The minimum absolute atomic E-state index is 0.101. The van der Waals surface area contributed by atoms with E-state index in [0.29, 0.717) is 34.4 Å². The molecule has 0 atom stereocenters. The van der Waals surface area contributed by atoms with Crippen LogP contribution in [0.4, 0.5) is 5.69 Å². The summed E-state index contributed by atoms with van der Waals surface area (Å²) in [5, 5.41) is 14.7. The van der Waals surface area contributed by atoms with Crippen molar-refractivity contribution in [3.63, 3.8) is 0 Å². The average molecular weight is 487 g/mol. The predicted octanol–water partition coefficient (Wildman–Crippen LogP) is 3.71. The maximum absolute atomic E-state index is 12.2. The Kier molecular flexibility index (Phi) is 6.22. The molecule has 1 fully saturated rings. The normalized spacial score (nSPS) is 13.1. The molecule has 2 heterocycles. The lowest BCUT2D eigenvalue weighted by atomic mass is 10.2. The summed E-state index contributed by atoms with van der Waals surface area (Å²) in [4.78, 5) is 35.5. The van der Waals surface area contributed by atoms with E-state index in [0.717, 1.165) is 12.2 Å². The Balaban J connectivity index is 1.28. The molecule has 0 aliphatic heterocycles. The van der Waals surface area contributed by atoms with Crippen LogP contribution in [0.2, 0.25) is 0 Å². The Hall–Kier alpha value is -4.87. The van der Waals surface area contributed by atoms with Crippen LogP contribution in [-0.2, 0) is 6.54 Å². The Morgan fingerprint density at radius 1 is 1.22 bits per heavy atom. The van der Waals surface area contributed by atoms with Gasteiger partial charge in [0, 0.05) is 35.9 Å². The number of methoxy groups -OCH3 is 1. The second kappa shape index (κ2) is 9.78. The first-order valence-electron chi connectivity index (χ1n) is 11.1. The number of non-ortho nitro benzene ring substituents is 1. The fourth-order valence-electron chi connectivity index (χ4n) is 3.58. The number of benzene rings is 2. The molecule has 1 aliphatic carbocycles. The standard InChI is InChI=1S/C24H21N7O5/c1-35-20-10-19(36-24-21-22(25-13-26-24)30(14-27-21)12-15-2-3-15)9-6-17(20)11-28-29-23(32)16-4-7-18(8-5-16)31(33)34/h4-11,13-15H,2-3,12H2,1H3,(H,29,32)/b28-11+. The van der Waals surface area contributed by atoms with Gasteiger partial charge >= 0.3 is 0 Å². The van der Waals surface area contributed by atoms with Gasteiger partial charge in [-0.3, -0.25) is 14.9 Å². The third kappa shape index (κ3) is 4.97. The van der Waals surface area contributed by atoms with E-state index < -0.39 is 10.8 Å². The third-order valence-electron chi connectivity index (χ3n) is 5.65. The molecule has 0 spiro atoms. The van der Waals surface area contributed by atoms with E-state index in [9.17, 15) is 14.9 Å². The molecule has 0 bridgehead atoms. The Morgan fingerprint density at radius 3 is 2.75 bits per heavy atom. The molecule has 5 rings (SSSR count). The number of nitrogens with zero attached hydrogens (tertiary/aromatic N) is 6. The quantitative estimate of drug-likeness (QED) is 0.213. The second-order valence-electron chi connectivity index (χ2n) is 8.20. The molecule has 1 aliphatic rings. The first kappa shape index (κ1) is 22.9. The summed E-state index contributed by atoms with van der Waals surface area (Å²) in [6.45, 7) is 0.884. The molecule has 0 radical (unpaired) electrons. The highest BCUT2D eigenvalue weighted by molar-refractivity contribution is 5.95. The van der Waals surface area contributed by atoms with Crippen molar-refractivity contribution in [2.75, 3.05) is 7.11 Å². The number of aromatic nitrogens is 4. The smallest absolute Gasteiger partial charge is 0.271 e. The lowest BCUT2D eigenvalue weighted by Crippen LogP contribution is -2.17. The second-order valence-corrected chi connectivity index (χ2v) is 8.20. The summed E-state index contributed by atoms with van der Waals surface area (Å²) < 4.78 is 13.4. The Labute approximate surface area is 204 Å². The van der Waals surface area contributed by atoms with Crippen molar-refractivity contribution in [1.29, 1.82) is 0 Å². The minimum atomic E-state index is -0.533. The fourth-order valence-corrected chi connectivity index (χ4v) is 3.58. The van der Waals surface area contributed by atoms with Crippen LogP contribution >= 0.6 is 0 Å². The van der Waals surface area contributed by atoms with Gasteiger partial charge in [-0.05, 0) is 43.0 Å². The van der Waals surface area contributed by atoms with Crippen LogP contribution in [-0.4, -0.2) is 43.7 Å². The summed E-state index contributed by atoms with van der Waals surface area (Å²) in [6, 6.07) is 10.3. The number of hydrogen-bond acceptors (Lipinski definition) is 9. The van der Waals surface area contributed by atoms with Crippen molar-refractivity contribution in [3.05, 3.63) is 76.4 Å². The van der Waals surface area contributed by atoms with Gasteiger partial charge in [0.25, 0.3) is 17.5 Å². The number of nitrogens with one attached hydrogen (secondary N) is 1. The zero-order valence-electron chi connectivity index (χ0n) is 19.2. The minimum Gasteiger partial charge on any atom is -0.496 e. The number of fused-ring (bicyclic) bond motifs is 1. The molecule has 4 aromatic rings. The highest BCUT2D eigenvalue weighted by Gasteiger charge is 2.23. The number of nitro benzene ring substituents is 1. The number of rotatable bonds is 9. The van der Waals surface area contributed by atoms with E-state index in [2.05, 4.69) is 25.5 Å². The first-order valence-corrected chi connectivity index (χ1v) is 11.1. The number of imidazole rings is 1. The van der Waals surface area contributed by atoms with Gasteiger partial charge in [-0.2, -0.15) is 10.1 Å². The van der Waals surface area contributed by atoms with Gasteiger partial charge < -0.3 is 14.0 Å². The van der Waals surface area contributed by atoms with Gasteiger partial charge in [0.05, 0.1) is 24.6 Å². The van der Waals surface area contributed by atoms with Gasteiger partial charge in [0.2, 0.25) is 0 Å². The Bertz CT molecular complexity index is 1460. The molecular weight excluding hydrogens is 466 g/mol. The number of carbonyl (C=O) groups is 1. The van der Waals surface area contributed by atoms with Gasteiger partial charge in [-0.25, -0.2) is 15.4 Å². The summed E-state index contributed by atoms with van der Waals surface area (Å²) in [7, 11) is 1.51. The molecule has 2 aromatic carbocycles. The van der Waals surface area contributed by atoms with E-state index in [4.69, 9.17) is 9.47 Å². The highest BCUT2D eigenvalue weighted by Crippen LogP contribution is 2.33. The van der Waals surface area contributed by atoms with Crippen molar-refractivity contribution >= 4 is 29.0 Å². The lowest BCUT2D eigenvalue weighted by molar-refractivity contribution is -0.384. The maximum Gasteiger partial charge on any atom is 0.271 e. The summed E-state index contributed by atoms with van der Waals surface area (Å²) >= 11 is 0. The largest absolute Gasteiger partial charge is 0.496 e. The van der Waals surface area contributed by atoms with Gasteiger partial charge in [-0.15, -0.1) is 0 Å². The van der Waals surface area contributed by atoms with E-state index in [1.165, 1.54) is 56.8 Å². The van der Waals surface area contributed by atoms with Crippen molar-refractivity contribution in [1.82, 2.24) is 24.9 Å². The monoisotopic (exact) mass is 487 g/mol. The van der Waals surface area contributed by atoms with E-state index in [-0.39, 0.29) is 11.3 Å². The summed E-state index contributed by atoms with van der Waals surface area (Å²) in [5.74, 6) is 1.46. The predicted molar refractivity (Wildman–Crippen MR) is 129 cm³/mol. The van der Waals surface area contributed by atoms with Gasteiger partial charge in [0.1, 0.15) is 17.8 Å². The van der Waals surface area contributed by atoms with Gasteiger partial charge in [0.15, 0.2) is 11.2 Å². The van der Waals surface area contributed by atoms with Crippen molar-refractivity contribution in [2.45, 2.75) is 19.4 Å². The molecule has 1 N–H and O–H groups in total. The van der Waals surface area contributed by atoms with Crippen molar-refractivity contribution in [2.24, 2.45) is 11.0 Å². The molecule has 1 amide bonds. The van der Waals surface area contributed by atoms with Crippen LogP contribution in [0.25, 0.3) is 11.2 Å². The van der Waals surface area contributed by atoms with E-state index in [1.807, 2.05) is 4.57 Å². The number of nitro groups is 1. The summed E-state index contributed by atoms with van der Waals surface area (Å²) in [5.41, 5.74) is 4.43. The number of carbonyl (C=O) groups excluding carboxylic acids is 1. The molecule has 12 heteroatoms. The van der Waals surface area contributed by atoms with Crippen LogP contribution < -0.4 is 14.9 Å². The van der Waals surface area contributed by atoms with Crippen molar-refractivity contribution < 1.29 is 19.2 Å². The van der Waals surface area contributed by atoms with Crippen LogP contribution in [0.1, 0.15) is 28.8 Å². The first-order chi connectivity index (χ1) is 17.5. The zero-order valence-corrected chi connectivity index (χ0v) is 19.2. The molecule has 0 saturated heterocycles. The molecule has 0 unspecified atom stereocenters. The topological polar surface area (TPSA) is 147 Å². The zero-order chi connectivity index (χ0) is 25.1. The van der Waals surface area contributed by atoms with E-state index in [1.54, 1.807) is 24.5 Å². The average Bonchev–Trinajstić information content (AvgIpc) is 3.62. The SMILES string of the molecule is COc1cc(Oc2ncnc3c2ncn3CC2CC2)ccc1/C=N/NC(=O)c1ccc([N+](=O)[O-])cc1. The van der Waals surface area contributed by atoms with Crippen LogP contribution in [0, 0.1) is 16.0 Å². The number of amides is 1. The van der Waals surface area contributed by atoms with Crippen LogP contribution in [0.3, 0.4) is 0 Å². The molecule has 1 saturated carbocycles. The van der Waals surface area contributed by atoms with Crippen molar-refractivity contribution in [3.8, 4) is 17.4 Å². The lowest BCUT2D eigenvalue weighted by Gasteiger charge is -2.09. The number of hydrazone groups is 1. The Morgan fingerprint density at radius 2 is 2.03 bits per heavy atom. The number of ether oxygens (including phenoxy) is 2. The number of hydrogen-bond donors (Lipinski definition) is 1. The molecule has 2 aromatic heterocycles. The highest BCUT2D eigenvalue weighted by atomic mass is 16.6. The third-order valence-corrected chi connectivity index (χ3v) is 5.65. The molecule has 36 heavy (non-hydrogen) atoms. The van der Waals surface area contributed by atoms with Crippen LogP contribution in [0.15, 0.2) is 60.2 Å². The van der Waals surface area contributed by atoms with E-state index >= 15 is 0 Å². The molecule has 182 valence electrons. The van der Waals surface area contributed by atoms with Crippen LogP contribution in [0.5, 0.6) is 17.4 Å². The fraction of sp³-hybridized carbons (Fsp3) is 0.208.